The predicted octanol–water partition coefficient (Wildman–Crippen LogP) is 3.93. The first-order valence-corrected chi connectivity index (χ1v) is 8.09. The van der Waals surface area contributed by atoms with Crippen LogP contribution in [0, 0.1) is 5.41 Å². The molecule has 3 heteroatoms. The molecular formula is C18H26N2O. The zero-order valence-corrected chi connectivity index (χ0v) is 13.4. The van der Waals surface area contributed by atoms with E-state index in [0.717, 1.165) is 37.1 Å². The molecule has 21 heavy (non-hydrogen) atoms. The van der Waals surface area contributed by atoms with Crippen LogP contribution in [0.5, 0.6) is 0 Å². The van der Waals surface area contributed by atoms with Crippen LogP contribution in [0.3, 0.4) is 0 Å². The minimum absolute atomic E-state index is 0.232. The Bertz CT molecular complexity index is 644. The summed E-state index contributed by atoms with van der Waals surface area (Å²) in [5.74, 6) is 1.03. The van der Waals surface area contributed by atoms with Crippen LogP contribution in [-0.2, 0) is 13.0 Å². The van der Waals surface area contributed by atoms with Gasteiger partial charge in [0.2, 0.25) is 0 Å². The van der Waals surface area contributed by atoms with Crippen molar-refractivity contribution in [2.24, 2.45) is 5.41 Å². The average Bonchev–Trinajstić information content (AvgIpc) is 2.73. The van der Waals surface area contributed by atoms with Gasteiger partial charge < -0.3 is 9.67 Å². The Morgan fingerprint density at radius 2 is 2.00 bits per heavy atom. The van der Waals surface area contributed by atoms with E-state index >= 15 is 0 Å². The minimum Gasteiger partial charge on any atom is -0.389 e. The van der Waals surface area contributed by atoms with Crippen LogP contribution in [0.2, 0.25) is 0 Å². The lowest BCUT2D eigenvalue weighted by Gasteiger charge is -2.41. The highest BCUT2D eigenvalue weighted by atomic mass is 16.3. The SMILES string of the molecule is CCn1c(CC2(O)CCCC(C)(C)C2)nc2ccccc21. The number of rotatable bonds is 3. The Balaban J connectivity index is 1.94. The summed E-state index contributed by atoms with van der Waals surface area (Å²) in [4.78, 5) is 4.77. The Morgan fingerprint density at radius 1 is 1.24 bits per heavy atom. The quantitative estimate of drug-likeness (QED) is 0.928. The van der Waals surface area contributed by atoms with Gasteiger partial charge in [-0.05, 0) is 43.7 Å². The second-order valence-electron chi connectivity index (χ2n) is 7.36. The van der Waals surface area contributed by atoms with Gasteiger partial charge in [-0.25, -0.2) is 4.98 Å². The molecule has 1 aliphatic carbocycles. The van der Waals surface area contributed by atoms with Crippen LogP contribution >= 0.6 is 0 Å². The van der Waals surface area contributed by atoms with Crippen molar-refractivity contribution in [1.29, 1.82) is 0 Å². The van der Waals surface area contributed by atoms with E-state index in [1.54, 1.807) is 0 Å². The van der Waals surface area contributed by atoms with Gasteiger partial charge in [0.1, 0.15) is 5.82 Å². The van der Waals surface area contributed by atoms with Crippen molar-refractivity contribution in [2.45, 2.75) is 65.0 Å². The average molecular weight is 286 g/mol. The number of benzene rings is 1. The van der Waals surface area contributed by atoms with Gasteiger partial charge in [0, 0.05) is 13.0 Å². The molecule has 1 fully saturated rings. The number of hydrogen-bond acceptors (Lipinski definition) is 2. The van der Waals surface area contributed by atoms with Crippen molar-refractivity contribution in [3.8, 4) is 0 Å². The summed E-state index contributed by atoms with van der Waals surface area (Å²) < 4.78 is 2.24. The Hall–Kier alpha value is -1.35. The van der Waals surface area contributed by atoms with E-state index < -0.39 is 5.60 Å². The van der Waals surface area contributed by atoms with Gasteiger partial charge in [-0.2, -0.15) is 0 Å². The lowest BCUT2D eigenvalue weighted by atomic mass is 9.68. The van der Waals surface area contributed by atoms with E-state index in [2.05, 4.69) is 43.5 Å². The largest absolute Gasteiger partial charge is 0.389 e. The molecule has 1 atom stereocenters. The molecule has 3 nitrogen and oxygen atoms in total. The van der Waals surface area contributed by atoms with Gasteiger partial charge in [0.25, 0.3) is 0 Å². The molecule has 1 aliphatic rings. The summed E-state index contributed by atoms with van der Waals surface area (Å²) in [6, 6.07) is 8.25. The predicted molar refractivity (Wildman–Crippen MR) is 86.3 cm³/mol. The van der Waals surface area contributed by atoms with Crippen LogP contribution in [0.1, 0.15) is 52.3 Å². The summed E-state index contributed by atoms with van der Waals surface area (Å²) >= 11 is 0. The van der Waals surface area contributed by atoms with E-state index in [0.29, 0.717) is 6.42 Å². The Labute approximate surface area is 127 Å². The number of aryl methyl sites for hydroxylation is 1. The second kappa shape index (κ2) is 5.13. The molecule has 1 heterocycles. The lowest BCUT2D eigenvalue weighted by Crippen LogP contribution is -2.41. The third-order valence-electron chi connectivity index (χ3n) is 4.84. The van der Waals surface area contributed by atoms with Crippen LogP contribution in [0.15, 0.2) is 24.3 Å². The van der Waals surface area contributed by atoms with Crippen molar-refractivity contribution in [2.75, 3.05) is 0 Å². The summed E-state index contributed by atoms with van der Waals surface area (Å²) in [6.07, 6.45) is 4.74. The second-order valence-corrected chi connectivity index (χ2v) is 7.36. The molecule has 0 amide bonds. The van der Waals surface area contributed by atoms with Crippen molar-refractivity contribution >= 4 is 11.0 Å². The maximum atomic E-state index is 11.1. The molecule has 1 N–H and O–H groups in total. The highest BCUT2D eigenvalue weighted by molar-refractivity contribution is 5.75. The summed E-state index contributed by atoms with van der Waals surface area (Å²) in [5.41, 5.74) is 1.84. The van der Waals surface area contributed by atoms with E-state index in [-0.39, 0.29) is 5.41 Å². The van der Waals surface area contributed by atoms with E-state index in [1.807, 2.05) is 6.07 Å². The van der Waals surface area contributed by atoms with Crippen molar-refractivity contribution < 1.29 is 5.11 Å². The van der Waals surface area contributed by atoms with Crippen LogP contribution < -0.4 is 0 Å². The first kappa shape index (κ1) is 14.6. The van der Waals surface area contributed by atoms with Gasteiger partial charge in [0.15, 0.2) is 0 Å². The summed E-state index contributed by atoms with van der Waals surface area (Å²) in [5, 5.41) is 11.1. The maximum absolute atomic E-state index is 11.1. The van der Waals surface area contributed by atoms with Gasteiger partial charge >= 0.3 is 0 Å². The number of fused-ring (bicyclic) bond motifs is 1. The fraction of sp³-hybridized carbons (Fsp3) is 0.611. The first-order chi connectivity index (χ1) is 9.92. The molecule has 2 aromatic rings. The normalized spacial score (nSPS) is 25.3. The zero-order valence-electron chi connectivity index (χ0n) is 13.4. The van der Waals surface area contributed by atoms with Crippen molar-refractivity contribution in [3.05, 3.63) is 30.1 Å². The third-order valence-corrected chi connectivity index (χ3v) is 4.84. The number of aromatic nitrogens is 2. The standard InChI is InChI=1S/C18H26N2O/c1-4-20-15-9-6-5-8-14(15)19-16(20)12-18(21)11-7-10-17(2,3)13-18/h5-6,8-9,21H,4,7,10-13H2,1-3H3. The fourth-order valence-corrected chi connectivity index (χ4v) is 4.02. The van der Waals surface area contributed by atoms with E-state index in [4.69, 9.17) is 4.98 Å². The van der Waals surface area contributed by atoms with Crippen LogP contribution in [0.25, 0.3) is 11.0 Å². The van der Waals surface area contributed by atoms with Gasteiger partial charge in [-0.15, -0.1) is 0 Å². The molecule has 0 saturated heterocycles. The number of para-hydroxylation sites is 2. The molecule has 0 aliphatic heterocycles. The smallest absolute Gasteiger partial charge is 0.112 e. The zero-order chi connectivity index (χ0) is 15.1. The van der Waals surface area contributed by atoms with Crippen molar-refractivity contribution in [3.63, 3.8) is 0 Å². The lowest BCUT2D eigenvalue weighted by molar-refractivity contribution is -0.0399. The molecule has 1 aromatic heterocycles. The molecule has 0 bridgehead atoms. The summed E-state index contributed by atoms with van der Waals surface area (Å²) in [6.45, 7) is 7.57. The highest BCUT2D eigenvalue weighted by Gasteiger charge is 2.39. The Kier molecular flexibility index (Phi) is 3.56. The van der Waals surface area contributed by atoms with E-state index in [1.165, 1.54) is 11.9 Å². The fourth-order valence-electron chi connectivity index (χ4n) is 4.02. The van der Waals surface area contributed by atoms with Gasteiger partial charge in [-0.1, -0.05) is 32.4 Å². The highest BCUT2D eigenvalue weighted by Crippen LogP contribution is 2.42. The van der Waals surface area contributed by atoms with Crippen LogP contribution in [0.4, 0.5) is 0 Å². The molecule has 3 rings (SSSR count). The first-order valence-electron chi connectivity index (χ1n) is 8.09. The molecular weight excluding hydrogens is 260 g/mol. The molecule has 1 unspecified atom stereocenters. The topological polar surface area (TPSA) is 38.0 Å². The Morgan fingerprint density at radius 3 is 2.71 bits per heavy atom. The van der Waals surface area contributed by atoms with Gasteiger partial charge in [-0.3, -0.25) is 0 Å². The number of imidazole rings is 1. The molecule has 114 valence electrons. The van der Waals surface area contributed by atoms with Gasteiger partial charge in [0.05, 0.1) is 16.6 Å². The molecule has 1 aromatic carbocycles. The maximum Gasteiger partial charge on any atom is 0.112 e. The summed E-state index contributed by atoms with van der Waals surface area (Å²) in [7, 11) is 0. The molecule has 0 radical (unpaired) electrons. The van der Waals surface area contributed by atoms with Crippen LogP contribution in [-0.4, -0.2) is 20.3 Å². The number of aliphatic hydroxyl groups is 1. The minimum atomic E-state index is -0.601. The monoisotopic (exact) mass is 286 g/mol. The molecule has 0 spiro atoms. The van der Waals surface area contributed by atoms with Crippen molar-refractivity contribution in [1.82, 2.24) is 9.55 Å². The van der Waals surface area contributed by atoms with E-state index in [9.17, 15) is 5.11 Å². The number of hydrogen-bond donors (Lipinski definition) is 1. The third kappa shape index (κ3) is 2.84. The number of nitrogens with zero attached hydrogens (tertiary/aromatic N) is 2. The molecule has 1 saturated carbocycles.